The monoisotopic (exact) mass is 566 g/mol. The van der Waals surface area contributed by atoms with Crippen molar-refractivity contribution in [1.82, 2.24) is 15.2 Å². The Morgan fingerprint density at radius 2 is 2.08 bits per heavy atom. The molecule has 1 amide bonds. The van der Waals surface area contributed by atoms with Gasteiger partial charge in [0.1, 0.15) is 23.3 Å². The van der Waals surface area contributed by atoms with Crippen molar-refractivity contribution in [2.45, 2.75) is 57.2 Å². The Morgan fingerprint density at radius 1 is 1.28 bits per heavy atom. The Kier molecular flexibility index (Phi) is 11.4. The molecular weight excluding hydrogens is 530 g/mol. The first-order chi connectivity index (χ1) is 18.6. The van der Waals surface area contributed by atoms with Gasteiger partial charge < -0.3 is 20.5 Å². The number of aryl methyl sites for hydroxylation is 2. The number of hydrogen-bond acceptors (Lipinski definition) is 6. The van der Waals surface area contributed by atoms with E-state index in [0.29, 0.717) is 6.54 Å². The van der Waals surface area contributed by atoms with Crippen LogP contribution in [0.4, 0.5) is 14.6 Å². The number of unbranched alkanes of at least 4 members (excludes halogenated alkanes) is 1. The molecule has 2 aromatic rings. The highest BCUT2D eigenvalue weighted by Gasteiger charge is 2.28. The smallest absolute Gasteiger partial charge is 0.326 e. The van der Waals surface area contributed by atoms with Crippen LogP contribution in [-0.2, 0) is 22.4 Å². The number of alkyl halides is 1. The highest BCUT2D eigenvalue weighted by molar-refractivity contribution is 6.34. The molecule has 214 valence electrons. The van der Waals surface area contributed by atoms with Crippen LogP contribution in [0, 0.1) is 5.82 Å². The number of amides is 1. The van der Waals surface area contributed by atoms with Crippen molar-refractivity contribution in [3.05, 3.63) is 58.0 Å². The van der Waals surface area contributed by atoms with Gasteiger partial charge in [-0.2, -0.15) is 0 Å². The van der Waals surface area contributed by atoms with Crippen molar-refractivity contribution < 1.29 is 28.2 Å². The van der Waals surface area contributed by atoms with Gasteiger partial charge in [0.25, 0.3) is 5.91 Å². The number of ether oxygens (including phenoxy) is 1. The molecule has 3 N–H and O–H groups in total. The van der Waals surface area contributed by atoms with Gasteiger partial charge in [-0.25, -0.2) is 18.6 Å². The van der Waals surface area contributed by atoms with Crippen LogP contribution >= 0.6 is 11.6 Å². The maximum atomic E-state index is 15.1. The number of halogens is 3. The fourth-order valence-corrected chi connectivity index (χ4v) is 4.93. The van der Waals surface area contributed by atoms with Gasteiger partial charge in [0, 0.05) is 32.4 Å². The quantitative estimate of drug-likeness (QED) is 0.273. The molecule has 3 rings (SSSR count). The Hall–Kier alpha value is -2.82. The Morgan fingerprint density at radius 3 is 2.82 bits per heavy atom. The van der Waals surface area contributed by atoms with Gasteiger partial charge >= 0.3 is 5.97 Å². The minimum Gasteiger partial charge on any atom is -0.480 e. The number of nitrogens with zero attached hydrogens (tertiary/aromatic N) is 2. The SMILES string of the molecule is COCC(C)(F)CN(CCCCc1ccc2c(n1)NCCC2)CC[C@H](NC(=O)c1cccc(F)c1Cl)C(=O)O. The number of carboxylic acids is 1. The first kappa shape index (κ1) is 30.7. The molecule has 0 fully saturated rings. The average molecular weight is 567 g/mol. The van der Waals surface area contributed by atoms with Crippen molar-refractivity contribution in [2.75, 3.05) is 45.2 Å². The number of benzene rings is 1. The number of methoxy groups -OCH3 is 1. The number of fused-ring (bicyclic) bond motifs is 1. The zero-order valence-electron chi connectivity index (χ0n) is 22.4. The van der Waals surface area contributed by atoms with Gasteiger partial charge in [-0.15, -0.1) is 0 Å². The molecule has 1 aliphatic heterocycles. The predicted octanol–water partition coefficient (Wildman–Crippen LogP) is 4.50. The number of aromatic nitrogens is 1. The summed E-state index contributed by atoms with van der Waals surface area (Å²) in [5.74, 6) is -1.86. The van der Waals surface area contributed by atoms with Crippen molar-refractivity contribution in [3.63, 3.8) is 0 Å². The number of carboxylic acid groups (broad SMARTS) is 1. The number of carbonyl (C=O) groups is 2. The second-order valence-electron chi connectivity index (χ2n) is 10.2. The lowest BCUT2D eigenvalue weighted by atomic mass is 10.1. The van der Waals surface area contributed by atoms with Crippen molar-refractivity contribution in [2.24, 2.45) is 0 Å². The molecule has 0 bridgehead atoms. The van der Waals surface area contributed by atoms with Crippen LogP contribution in [0.15, 0.2) is 30.3 Å². The maximum absolute atomic E-state index is 15.1. The van der Waals surface area contributed by atoms with Crippen LogP contribution in [-0.4, -0.2) is 78.5 Å². The highest BCUT2D eigenvalue weighted by atomic mass is 35.5. The molecule has 0 saturated carbocycles. The molecule has 2 heterocycles. The number of anilines is 1. The summed E-state index contributed by atoms with van der Waals surface area (Å²) >= 11 is 5.88. The molecule has 0 spiro atoms. The number of nitrogens with one attached hydrogen (secondary N) is 2. The third-order valence-electron chi connectivity index (χ3n) is 6.64. The van der Waals surface area contributed by atoms with E-state index in [9.17, 15) is 19.1 Å². The minimum atomic E-state index is -1.64. The molecule has 39 heavy (non-hydrogen) atoms. The number of rotatable bonds is 15. The Bertz CT molecular complexity index is 1130. The Balaban J connectivity index is 1.58. The van der Waals surface area contributed by atoms with E-state index in [0.717, 1.165) is 56.2 Å². The summed E-state index contributed by atoms with van der Waals surface area (Å²) in [6.45, 7) is 3.05. The molecule has 0 saturated heterocycles. The van der Waals surface area contributed by atoms with Crippen molar-refractivity contribution in [1.29, 1.82) is 0 Å². The Labute approximate surface area is 233 Å². The normalized spacial score (nSPS) is 15.2. The van der Waals surface area contributed by atoms with E-state index in [1.54, 1.807) is 0 Å². The van der Waals surface area contributed by atoms with Crippen LogP contribution in [0.1, 0.15) is 54.2 Å². The van der Waals surface area contributed by atoms with Crippen LogP contribution in [0.2, 0.25) is 5.02 Å². The zero-order chi connectivity index (χ0) is 28.4. The largest absolute Gasteiger partial charge is 0.480 e. The van der Waals surface area contributed by atoms with E-state index in [-0.39, 0.29) is 36.7 Å². The summed E-state index contributed by atoms with van der Waals surface area (Å²) in [4.78, 5) is 31.1. The molecule has 1 aromatic heterocycles. The van der Waals surface area contributed by atoms with Crippen LogP contribution in [0.3, 0.4) is 0 Å². The number of carbonyl (C=O) groups excluding carboxylic acids is 1. The lowest BCUT2D eigenvalue weighted by molar-refractivity contribution is -0.139. The standard InChI is InChI=1S/C28H37ClF2N4O4/c1-28(31,18-39-2)17-35(15-4-3-8-20-12-11-19-7-6-14-32-25(19)33-20)16-13-23(27(37)38)34-26(36)21-9-5-10-22(30)24(21)29/h5,9-12,23H,3-4,6-8,13-18H2,1-2H3,(H,32,33)(H,34,36)(H,37,38)/t23-,28?/m0/s1. The fourth-order valence-electron chi connectivity index (χ4n) is 4.72. The second kappa shape index (κ2) is 14.5. The molecule has 1 unspecified atom stereocenters. The molecular formula is C28H37ClF2N4O4. The summed E-state index contributed by atoms with van der Waals surface area (Å²) in [5.41, 5.74) is 0.435. The van der Waals surface area contributed by atoms with Gasteiger partial charge in [0.05, 0.1) is 17.2 Å². The van der Waals surface area contributed by atoms with Crippen molar-refractivity contribution >= 4 is 29.3 Å². The molecule has 1 aromatic carbocycles. The predicted molar refractivity (Wildman–Crippen MR) is 147 cm³/mol. The summed E-state index contributed by atoms with van der Waals surface area (Å²) in [6, 6.07) is 6.65. The molecule has 0 radical (unpaired) electrons. The summed E-state index contributed by atoms with van der Waals surface area (Å²) in [5, 5.41) is 15.1. The van der Waals surface area contributed by atoms with Crippen molar-refractivity contribution in [3.8, 4) is 0 Å². The van der Waals surface area contributed by atoms with E-state index in [1.807, 2.05) is 11.0 Å². The van der Waals surface area contributed by atoms with Gasteiger partial charge in [0.15, 0.2) is 0 Å². The van der Waals surface area contributed by atoms with Gasteiger partial charge in [-0.3, -0.25) is 9.69 Å². The molecule has 11 heteroatoms. The third-order valence-corrected chi connectivity index (χ3v) is 7.03. The zero-order valence-corrected chi connectivity index (χ0v) is 23.2. The van der Waals surface area contributed by atoms with Gasteiger partial charge in [0.2, 0.25) is 0 Å². The lowest BCUT2D eigenvalue weighted by Gasteiger charge is -2.30. The van der Waals surface area contributed by atoms with E-state index < -0.39 is 29.4 Å². The lowest BCUT2D eigenvalue weighted by Crippen LogP contribution is -2.46. The first-order valence-electron chi connectivity index (χ1n) is 13.2. The fraction of sp³-hybridized carbons (Fsp3) is 0.536. The number of pyridine rings is 1. The maximum Gasteiger partial charge on any atom is 0.326 e. The van der Waals surface area contributed by atoms with E-state index >= 15 is 4.39 Å². The highest BCUT2D eigenvalue weighted by Crippen LogP contribution is 2.22. The first-order valence-corrected chi connectivity index (χ1v) is 13.6. The second-order valence-corrected chi connectivity index (χ2v) is 10.6. The molecule has 2 atom stereocenters. The van der Waals surface area contributed by atoms with Gasteiger partial charge in [-0.05, 0) is 75.8 Å². The topological polar surface area (TPSA) is 104 Å². The number of aliphatic carboxylic acids is 1. The summed E-state index contributed by atoms with van der Waals surface area (Å²) in [6.07, 6.45) is 4.50. The van der Waals surface area contributed by atoms with Crippen LogP contribution in [0.25, 0.3) is 0 Å². The molecule has 8 nitrogen and oxygen atoms in total. The van der Waals surface area contributed by atoms with Crippen LogP contribution < -0.4 is 10.6 Å². The molecule has 1 aliphatic rings. The van der Waals surface area contributed by atoms with E-state index in [1.165, 1.54) is 31.7 Å². The summed E-state index contributed by atoms with van der Waals surface area (Å²) in [7, 11) is 1.43. The minimum absolute atomic E-state index is 0.0229. The number of hydrogen-bond donors (Lipinski definition) is 3. The molecule has 0 aliphatic carbocycles. The van der Waals surface area contributed by atoms with E-state index in [2.05, 4.69) is 16.7 Å². The van der Waals surface area contributed by atoms with E-state index in [4.69, 9.17) is 21.3 Å². The van der Waals surface area contributed by atoms with Gasteiger partial charge in [-0.1, -0.05) is 23.7 Å². The van der Waals surface area contributed by atoms with Crippen LogP contribution in [0.5, 0.6) is 0 Å². The third kappa shape index (κ3) is 9.40. The summed E-state index contributed by atoms with van der Waals surface area (Å²) < 4.78 is 33.8. The average Bonchev–Trinajstić information content (AvgIpc) is 2.89.